The van der Waals surface area contributed by atoms with E-state index in [1.54, 1.807) is 7.05 Å². The van der Waals surface area contributed by atoms with E-state index in [4.69, 9.17) is 4.74 Å². The number of hydrogen-bond donors (Lipinski definition) is 2. The predicted molar refractivity (Wildman–Crippen MR) is 87.1 cm³/mol. The quantitative estimate of drug-likeness (QED) is 0.490. The first-order valence-electron chi connectivity index (χ1n) is 5.77. The summed E-state index contributed by atoms with van der Waals surface area (Å²) in [5, 5.41) is 6.13. The Labute approximate surface area is 126 Å². The standard InChI is InChI=1S/C13H21N3O.HI/c1-10-6-5-7-12(8-10)17-11(2)9-16-13(14-3)15-4;/h5-8,11H,9H2,1-4H3,(H2,14,15,16);1H. The van der Waals surface area contributed by atoms with Crippen LogP contribution in [0.1, 0.15) is 12.5 Å². The number of ether oxygens (including phenoxy) is 1. The van der Waals surface area contributed by atoms with Crippen LogP contribution in [-0.2, 0) is 0 Å². The van der Waals surface area contributed by atoms with Crippen LogP contribution in [0.3, 0.4) is 0 Å². The Morgan fingerprint density at radius 2 is 2.17 bits per heavy atom. The van der Waals surface area contributed by atoms with E-state index in [1.165, 1.54) is 5.56 Å². The van der Waals surface area contributed by atoms with Gasteiger partial charge < -0.3 is 15.4 Å². The average Bonchev–Trinajstić information content (AvgIpc) is 2.30. The van der Waals surface area contributed by atoms with Crippen LogP contribution < -0.4 is 15.4 Å². The lowest BCUT2D eigenvalue weighted by molar-refractivity contribution is 0.224. The molecule has 1 rings (SSSR count). The minimum atomic E-state index is 0. The zero-order chi connectivity index (χ0) is 12.7. The van der Waals surface area contributed by atoms with Gasteiger partial charge in [0.2, 0.25) is 0 Å². The third-order valence-corrected chi connectivity index (χ3v) is 2.34. The molecule has 2 N–H and O–H groups in total. The molecule has 5 heteroatoms. The number of rotatable bonds is 4. The fourth-order valence-corrected chi connectivity index (χ4v) is 1.48. The molecule has 0 saturated heterocycles. The summed E-state index contributed by atoms with van der Waals surface area (Å²) in [6, 6.07) is 8.05. The highest BCUT2D eigenvalue weighted by Crippen LogP contribution is 2.13. The highest BCUT2D eigenvalue weighted by Gasteiger charge is 2.04. The lowest BCUT2D eigenvalue weighted by Crippen LogP contribution is -2.40. The third-order valence-electron chi connectivity index (χ3n) is 2.34. The molecule has 0 bridgehead atoms. The molecular formula is C13H22IN3O. The number of benzene rings is 1. The minimum Gasteiger partial charge on any atom is -0.489 e. The summed E-state index contributed by atoms with van der Waals surface area (Å²) >= 11 is 0. The van der Waals surface area contributed by atoms with E-state index in [2.05, 4.69) is 28.6 Å². The summed E-state index contributed by atoms with van der Waals surface area (Å²) in [6.45, 7) is 4.79. The van der Waals surface area contributed by atoms with E-state index >= 15 is 0 Å². The van der Waals surface area contributed by atoms with Crippen molar-refractivity contribution in [3.8, 4) is 5.75 Å². The monoisotopic (exact) mass is 363 g/mol. The highest BCUT2D eigenvalue weighted by molar-refractivity contribution is 14.0. The fraction of sp³-hybridized carbons (Fsp3) is 0.462. The minimum absolute atomic E-state index is 0. The molecule has 18 heavy (non-hydrogen) atoms. The molecule has 0 heterocycles. The van der Waals surface area contributed by atoms with Gasteiger partial charge in [0.05, 0.1) is 6.54 Å². The number of nitrogens with zero attached hydrogens (tertiary/aromatic N) is 1. The van der Waals surface area contributed by atoms with Crippen LogP contribution in [0.15, 0.2) is 29.3 Å². The van der Waals surface area contributed by atoms with E-state index in [9.17, 15) is 0 Å². The summed E-state index contributed by atoms with van der Waals surface area (Å²) < 4.78 is 5.79. The van der Waals surface area contributed by atoms with Crippen LogP contribution in [-0.4, -0.2) is 32.7 Å². The molecule has 102 valence electrons. The van der Waals surface area contributed by atoms with Crippen LogP contribution in [0.5, 0.6) is 5.75 Å². The van der Waals surface area contributed by atoms with Crippen molar-refractivity contribution in [1.82, 2.24) is 10.6 Å². The first-order valence-corrected chi connectivity index (χ1v) is 5.77. The number of guanidine groups is 1. The highest BCUT2D eigenvalue weighted by atomic mass is 127. The zero-order valence-electron chi connectivity index (χ0n) is 11.4. The van der Waals surface area contributed by atoms with Gasteiger partial charge in [-0.25, -0.2) is 0 Å². The van der Waals surface area contributed by atoms with Gasteiger partial charge in [-0.05, 0) is 31.5 Å². The number of hydrogen-bond acceptors (Lipinski definition) is 2. The van der Waals surface area contributed by atoms with Crippen molar-refractivity contribution in [3.05, 3.63) is 29.8 Å². The Morgan fingerprint density at radius 3 is 2.72 bits per heavy atom. The van der Waals surface area contributed by atoms with Gasteiger partial charge in [0, 0.05) is 14.1 Å². The molecular weight excluding hydrogens is 341 g/mol. The van der Waals surface area contributed by atoms with Gasteiger partial charge >= 0.3 is 0 Å². The van der Waals surface area contributed by atoms with E-state index in [-0.39, 0.29) is 30.1 Å². The van der Waals surface area contributed by atoms with E-state index in [0.717, 1.165) is 11.7 Å². The molecule has 4 nitrogen and oxygen atoms in total. The first-order chi connectivity index (χ1) is 8.15. The van der Waals surface area contributed by atoms with Crippen LogP contribution in [0.2, 0.25) is 0 Å². The van der Waals surface area contributed by atoms with Crippen LogP contribution in [0.4, 0.5) is 0 Å². The SMILES string of the molecule is CN=C(NC)NCC(C)Oc1cccc(C)c1.I. The van der Waals surface area contributed by atoms with Crippen molar-refractivity contribution in [2.45, 2.75) is 20.0 Å². The molecule has 0 amide bonds. The second-order valence-corrected chi connectivity index (χ2v) is 3.95. The lowest BCUT2D eigenvalue weighted by Gasteiger charge is -2.17. The maximum atomic E-state index is 5.79. The molecule has 0 aliphatic heterocycles. The van der Waals surface area contributed by atoms with Crippen molar-refractivity contribution in [3.63, 3.8) is 0 Å². The van der Waals surface area contributed by atoms with Crippen molar-refractivity contribution in [2.75, 3.05) is 20.6 Å². The largest absolute Gasteiger partial charge is 0.489 e. The molecule has 0 saturated carbocycles. The normalized spacial score (nSPS) is 12.3. The maximum absolute atomic E-state index is 5.79. The Kier molecular flexibility index (Phi) is 8.53. The van der Waals surface area contributed by atoms with Gasteiger partial charge in [0.25, 0.3) is 0 Å². The molecule has 1 atom stereocenters. The Bertz CT molecular complexity index is 382. The van der Waals surface area contributed by atoms with E-state index in [0.29, 0.717) is 6.54 Å². The number of aliphatic imine (C=N–C) groups is 1. The smallest absolute Gasteiger partial charge is 0.190 e. The molecule has 0 fully saturated rings. The maximum Gasteiger partial charge on any atom is 0.190 e. The molecule has 1 aromatic carbocycles. The Balaban J connectivity index is 0.00000289. The van der Waals surface area contributed by atoms with Crippen LogP contribution in [0, 0.1) is 6.92 Å². The summed E-state index contributed by atoms with van der Waals surface area (Å²) in [5.74, 6) is 1.67. The summed E-state index contributed by atoms with van der Waals surface area (Å²) in [6.07, 6.45) is 0.0851. The molecule has 0 aromatic heterocycles. The average molecular weight is 363 g/mol. The molecule has 0 aliphatic carbocycles. The molecule has 0 spiro atoms. The third kappa shape index (κ3) is 6.09. The Morgan fingerprint density at radius 1 is 1.44 bits per heavy atom. The number of nitrogens with one attached hydrogen (secondary N) is 2. The molecule has 1 unspecified atom stereocenters. The first kappa shape index (κ1) is 17.0. The van der Waals surface area contributed by atoms with Gasteiger partial charge in [0.15, 0.2) is 5.96 Å². The number of aryl methyl sites for hydroxylation is 1. The van der Waals surface area contributed by atoms with Crippen LogP contribution in [0.25, 0.3) is 0 Å². The van der Waals surface area contributed by atoms with Gasteiger partial charge in [-0.2, -0.15) is 0 Å². The second-order valence-electron chi connectivity index (χ2n) is 3.95. The van der Waals surface area contributed by atoms with Crippen molar-refractivity contribution >= 4 is 29.9 Å². The summed E-state index contributed by atoms with van der Waals surface area (Å²) in [7, 11) is 3.58. The summed E-state index contributed by atoms with van der Waals surface area (Å²) in [4.78, 5) is 4.04. The van der Waals surface area contributed by atoms with Gasteiger partial charge in [-0.3, -0.25) is 4.99 Å². The van der Waals surface area contributed by atoms with Crippen molar-refractivity contribution in [1.29, 1.82) is 0 Å². The second kappa shape index (κ2) is 9.02. The Hall–Kier alpha value is -0.980. The molecule has 1 aromatic rings. The van der Waals surface area contributed by atoms with E-state index < -0.39 is 0 Å². The van der Waals surface area contributed by atoms with Gasteiger partial charge in [-0.1, -0.05) is 12.1 Å². The van der Waals surface area contributed by atoms with Crippen molar-refractivity contribution in [2.24, 2.45) is 4.99 Å². The summed E-state index contributed by atoms with van der Waals surface area (Å²) in [5.41, 5.74) is 1.20. The van der Waals surface area contributed by atoms with Crippen molar-refractivity contribution < 1.29 is 4.74 Å². The van der Waals surface area contributed by atoms with Gasteiger partial charge in [0.1, 0.15) is 11.9 Å². The molecule has 0 aliphatic rings. The fourth-order valence-electron chi connectivity index (χ4n) is 1.48. The van der Waals surface area contributed by atoms with E-state index in [1.807, 2.05) is 32.2 Å². The van der Waals surface area contributed by atoms with Crippen LogP contribution >= 0.6 is 24.0 Å². The zero-order valence-corrected chi connectivity index (χ0v) is 13.7. The topological polar surface area (TPSA) is 45.7 Å². The lowest BCUT2D eigenvalue weighted by atomic mass is 10.2. The predicted octanol–water partition coefficient (Wildman–Crippen LogP) is 2.18. The molecule has 0 radical (unpaired) electrons. The van der Waals surface area contributed by atoms with Gasteiger partial charge in [-0.15, -0.1) is 24.0 Å². The number of halogens is 1.